The molecule has 0 unspecified atom stereocenters. The highest BCUT2D eigenvalue weighted by Gasteiger charge is 2.23. The van der Waals surface area contributed by atoms with Crippen LogP contribution in [0, 0.1) is 0 Å². The van der Waals surface area contributed by atoms with E-state index in [9.17, 15) is 4.79 Å². The predicted molar refractivity (Wildman–Crippen MR) is 131 cm³/mol. The van der Waals surface area contributed by atoms with Gasteiger partial charge in [0.1, 0.15) is 17.2 Å². The second-order valence-corrected chi connectivity index (χ2v) is 9.99. The average Bonchev–Trinajstić information content (AvgIpc) is 2.73. The third-order valence-electron chi connectivity index (χ3n) is 5.13. The standard InChI is InChI=1S/C28H33NO3/c1-27(2,3)20-12-17-25(24(18-20)28(4,5)6)31-19-26(30)29-21-13-15-23(16-14-21)32-22-10-8-7-9-11-22/h7-18H,19H2,1-6H3,(H,29,30). The topological polar surface area (TPSA) is 47.6 Å². The van der Waals surface area contributed by atoms with Gasteiger partial charge in [-0.05, 0) is 64.4 Å². The molecule has 0 aliphatic carbocycles. The number of anilines is 1. The number of carbonyl (C=O) groups is 1. The second-order valence-electron chi connectivity index (χ2n) is 9.99. The molecule has 4 heteroatoms. The minimum atomic E-state index is -0.207. The lowest BCUT2D eigenvalue weighted by Gasteiger charge is -2.27. The molecule has 0 atom stereocenters. The quantitative estimate of drug-likeness (QED) is 0.453. The summed E-state index contributed by atoms with van der Waals surface area (Å²) in [5.41, 5.74) is 2.99. The minimum absolute atomic E-state index is 0.0479. The number of rotatable bonds is 6. The van der Waals surface area contributed by atoms with Crippen LogP contribution in [-0.4, -0.2) is 12.5 Å². The zero-order valence-corrected chi connectivity index (χ0v) is 19.9. The summed E-state index contributed by atoms with van der Waals surface area (Å²) in [6, 6.07) is 23.1. The Labute approximate surface area is 191 Å². The van der Waals surface area contributed by atoms with Gasteiger partial charge in [-0.25, -0.2) is 0 Å². The molecule has 0 saturated heterocycles. The van der Waals surface area contributed by atoms with Crippen LogP contribution < -0.4 is 14.8 Å². The molecule has 3 rings (SSSR count). The van der Waals surface area contributed by atoms with Crippen LogP contribution in [0.25, 0.3) is 0 Å². The summed E-state index contributed by atoms with van der Waals surface area (Å²) in [5, 5.41) is 2.88. The summed E-state index contributed by atoms with van der Waals surface area (Å²) >= 11 is 0. The SMILES string of the molecule is CC(C)(C)c1ccc(OCC(=O)Nc2ccc(Oc3ccccc3)cc2)c(C(C)(C)C)c1. The van der Waals surface area contributed by atoms with Gasteiger partial charge in [-0.2, -0.15) is 0 Å². The molecule has 4 nitrogen and oxygen atoms in total. The lowest BCUT2D eigenvalue weighted by molar-refractivity contribution is -0.118. The van der Waals surface area contributed by atoms with Gasteiger partial charge in [-0.3, -0.25) is 4.79 Å². The maximum Gasteiger partial charge on any atom is 0.262 e. The highest BCUT2D eigenvalue weighted by atomic mass is 16.5. The summed E-state index contributed by atoms with van der Waals surface area (Å²) in [6.07, 6.45) is 0. The van der Waals surface area contributed by atoms with Crippen LogP contribution in [0.15, 0.2) is 72.8 Å². The van der Waals surface area contributed by atoms with E-state index in [1.54, 1.807) is 0 Å². The molecule has 3 aromatic carbocycles. The molecule has 0 aromatic heterocycles. The van der Waals surface area contributed by atoms with Crippen LogP contribution in [0.2, 0.25) is 0 Å². The molecule has 0 fully saturated rings. The first kappa shape index (κ1) is 23.4. The Hall–Kier alpha value is -3.27. The predicted octanol–water partition coefficient (Wildman–Crippen LogP) is 7.09. The van der Waals surface area contributed by atoms with Gasteiger partial charge in [0.05, 0.1) is 0 Å². The van der Waals surface area contributed by atoms with Crippen molar-refractivity contribution in [1.29, 1.82) is 0 Å². The minimum Gasteiger partial charge on any atom is -0.483 e. The van der Waals surface area contributed by atoms with Gasteiger partial charge in [0.2, 0.25) is 0 Å². The highest BCUT2D eigenvalue weighted by molar-refractivity contribution is 5.91. The summed E-state index contributed by atoms with van der Waals surface area (Å²) in [5.74, 6) is 2.01. The van der Waals surface area contributed by atoms with Crippen molar-refractivity contribution in [2.75, 3.05) is 11.9 Å². The fourth-order valence-electron chi connectivity index (χ4n) is 3.28. The van der Waals surface area contributed by atoms with Gasteiger partial charge in [0.25, 0.3) is 5.91 Å². The van der Waals surface area contributed by atoms with Gasteiger partial charge in [0.15, 0.2) is 6.61 Å². The third kappa shape index (κ3) is 6.36. The van der Waals surface area contributed by atoms with Crippen molar-refractivity contribution in [2.45, 2.75) is 52.4 Å². The van der Waals surface area contributed by atoms with Crippen LogP contribution >= 0.6 is 0 Å². The van der Waals surface area contributed by atoms with Gasteiger partial charge < -0.3 is 14.8 Å². The maximum atomic E-state index is 12.5. The van der Waals surface area contributed by atoms with E-state index in [0.29, 0.717) is 11.4 Å². The van der Waals surface area contributed by atoms with Crippen molar-refractivity contribution < 1.29 is 14.3 Å². The molecule has 0 saturated carbocycles. The number of carbonyl (C=O) groups excluding carboxylic acids is 1. The van der Waals surface area contributed by atoms with Crippen LogP contribution in [0.3, 0.4) is 0 Å². The van der Waals surface area contributed by atoms with E-state index in [1.807, 2.05) is 60.7 Å². The number of nitrogens with one attached hydrogen (secondary N) is 1. The molecule has 0 bridgehead atoms. The van der Waals surface area contributed by atoms with Crippen molar-refractivity contribution in [1.82, 2.24) is 0 Å². The normalized spacial score (nSPS) is 11.7. The zero-order chi connectivity index (χ0) is 23.4. The molecular weight excluding hydrogens is 398 g/mol. The van der Waals surface area contributed by atoms with E-state index in [4.69, 9.17) is 9.47 Å². The van der Waals surface area contributed by atoms with Crippen molar-refractivity contribution in [3.63, 3.8) is 0 Å². The second kappa shape index (κ2) is 9.47. The molecule has 32 heavy (non-hydrogen) atoms. The zero-order valence-electron chi connectivity index (χ0n) is 19.9. The lowest BCUT2D eigenvalue weighted by atomic mass is 9.80. The van der Waals surface area contributed by atoms with Crippen LogP contribution in [0.4, 0.5) is 5.69 Å². The maximum absolute atomic E-state index is 12.5. The summed E-state index contributed by atoms with van der Waals surface area (Å²) in [7, 11) is 0. The van der Waals surface area contributed by atoms with Crippen molar-refractivity contribution in [3.8, 4) is 17.2 Å². The van der Waals surface area contributed by atoms with Crippen LogP contribution in [0.5, 0.6) is 17.2 Å². The highest BCUT2D eigenvalue weighted by Crippen LogP contribution is 2.35. The van der Waals surface area contributed by atoms with E-state index in [2.05, 4.69) is 59.0 Å². The van der Waals surface area contributed by atoms with Gasteiger partial charge in [-0.15, -0.1) is 0 Å². The lowest BCUT2D eigenvalue weighted by Crippen LogP contribution is -2.22. The first-order chi connectivity index (χ1) is 15.0. The molecule has 0 aliphatic heterocycles. The van der Waals surface area contributed by atoms with Gasteiger partial charge in [0, 0.05) is 5.69 Å². The monoisotopic (exact) mass is 431 g/mol. The van der Waals surface area contributed by atoms with E-state index < -0.39 is 0 Å². The molecule has 1 N–H and O–H groups in total. The summed E-state index contributed by atoms with van der Waals surface area (Å²) < 4.78 is 11.7. The van der Waals surface area contributed by atoms with Crippen LogP contribution in [-0.2, 0) is 15.6 Å². The van der Waals surface area contributed by atoms with Crippen molar-refractivity contribution in [3.05, 3.63) is 83.9 Å². The molecule has 3 aromatic rings. The Morgan fingerprint density at radius 1 is 0.781 bits per heavy atom. The number of benzene rings is 3. The number of ether oxygens (including phenoxy) is 2. The van der Waals surface area contributed by atoms with E-state index in [0.717, 1.165) is 17.1 Å². The van der Waals surface area contributed by atoms with E-state index in [-0.39, 0.29) is 23.3 Å². The Morgan fingerprint density at radius 2 is 1.41 bits per heavy atom. The van der Waals surface area contributed by atoms with Crippen molar-refractivity contribution >= 4 is 11.6 Å². The molecule has 0 spiro atoms. The molecular formula is C28H33NO3. The Bertz CT molecular complexity index is 1040. The molecule has 0 radical (unpaired) electrons. The first-order valence-corrected chi connectivity index (χ1v) is 10.9. The Morgan fingerprint density at radius 3 is 2.00 bits per heavy atom. The van der Waals surface area contributed by atoms with E-state index in [1.165, 1.54) is 5.56 Å². The van der Waals surface area contributed by atoms with Crippen LogP contribution in [0.1, 0.15) is 52.7 Å². The summed E-state index contributed by atoms with van der Waals surface area (Å²) in [4.78, 5) is 12.5. The molecule has 0 aliphatic rings. The number of amides is 1. The number of para-hydroxylation sites is 1. The number of hydrogen-bond acceptors (Lipinski definition) is 3. The summed E-state index contributed by atoms with van der Waals surface area (Å²) in [6.45, 7) is 13.0. The Balaban J connectivity index is 1.62. The molecule has 168 valence electrons. The van der Waals surface area contributed by atoms with Gasteiger partial charge in [-0.1, -0.05) is 71.9 Å². The smallest absolute Gasteiger partial charge is 0.262 e. The first-order valence-electron chi connectivity index (χ1n) is 10.9. The fourth-order valence-corrected chi connectivity index (χ4v) is 3.28. The largest absolute Gasteiger partial charge is 0.483 e. The van der Waals surface area contributed by atoms with E-state index >= 15 is 0 Å². The third-order valence-corrected chi connectivity index (χ3v) is 5.13. The van der Waals surface area contributed by atoms with Gasteiger partial charge >= 0.3 is 0 Å². The number of hydrogen-bond donors (Lipinski definition) is 1. The molecule has 0 heterocycles. The average molecular weight is 432 g/mol. The Kier molecular flexibility index (Phi) is 6.93. The molecule has 1 amide bonds. The van der Waals surface area contributed by atoms with Crippen molar-refractivity contribution in [2.24, 2.45) is 0 Å². The fraction of sp³-hybridized carbons (Fsp3) is 0.321.